The number of benzene rings is 2. The minimum absolute atomic E-state index is 0.0590. The Labute approximate surface area is 169 Å². The zero-order valence-electron chi connectivity index (χ0n) is 16.3. The van der Waals surface area contributed by atoms with E-state index in [4.69, 9.17) is 0 Å². The first-order valence-electron chi connectivity index (χ1n) is 9.83. The second kappa shape index (κ2) is 8.39. The number of anilines is 2. The topological polar surface area (TPSA) is 58.1 Å². The molecule has 0 saturated carbocycles. The van der Waals surface area contributed by atoms with E-state index in [1.165, 1.54) is 18.5 Å². The summed E-state index contributed by atoms with van der Waals surface area (Å²) in [6, 6.07) is 15.5. The molecule has 1 saturated heterocycles. The molecule has 0 spiro atoms. The number of carbonyl (C=O) groups excluding carboxylic acids is 1. The molecule has 1 aliphatic heterocycles. The van der Waals surface area contributed by atoms with Crippen LogP contribution in [0.3, 0.4) is 0 Å². The highest BCUT2D eigenvalue weighted by molar-refractivity contribution is 5.95. The van der Waals surface area contributed by atoms with Gasteiger partial charge in [0.2, 0.25) is 0 Å². The van der Waals surface area contributed by atoms with Gasteiger partial charge in [0.25, 0.3) is 5.91 Å². The number of nitrogens with zero attached hydrogens (tertiary/aromatic N) is 3. The van der Waals surface area contributed by atoms with Gasteiger partial charge >= 0.3 is 0 Å². The largest absolute Gasteiger partial charge is 0.340 e. The summed E-state index contributed by atoms with van der Waals surface area (Å²) in [4.78, 5) is 23.2. The van der Waals surface area contributed by atoms with Gasteiger partial charge in [0.1, 0.15) is 18.0 Å². The number of likely N-dealkylation sites (tertiary alicyclic amines) is 1. The summed E-state index contributed by atoms with van der Waals surface area (Å²) in [6.07, 6.45) is 3.54. The van der Waals surface area contributed by atoms with Crippen LogP contribution in [-0.4, -0.2) is 33.9 Å². The minimum atomic E-state index is -0.311. The summed E-state index contributed by atoms with van der Waals surface area (Å²) in [5.74, 6) is 1.00. The molecule has 1 amide bonds. The monoisotopic (exact) mass is 390 g/mol. The standard InChI is InChI=1S/C23H23FN4O/c1-16-8-10-28(11-9-16)23(29)18-5-3-7-20(13-18)27-22-14-21(25-15-26-22)17-4-2-6-19(24)12-17/h2-7,12-16H,8-11H2,1H3,(H,25,26,27). The lowest BCUT2D eigenvalue weighted by atomic mass is 9.98. The molecule has 0 bridgehead atoms. The lowest BCUT2D eigenvalue weighted by Crippen LogP contribution is -2.37. The van der Waals surface area contributed by atoms with Crippen LogP contribution in [-0.2, 0) is 0 Å². The summed E-state index contributed by atoms with van der Waals surface area (Å²) in [6.45, 7) is 3.84. The molecule has 6 heteroatoms. The van der Waals surface area contributed by atoms with E-state index in [9.17, 15) is 9.18 Å². The van der Waals surface area contributed by atoms with Crippen LogP contribution in [0.25, 0.3) is 11.3 Å². The SMILES string of the molecule is CC1CCN(C(=O)c2cccc(Nc3cc(-c4cccc(F)c4)ncn3)c2)CC1. The fraction of sp³-hybridized carbons (Fsp3) is 0.261. The molecular formula is C23H23FN4O. The second-order valence-corrected chi connectivity index (χ2v) is 7.48. The number of nitrogens with one attached hydrogen (secondary N) is 1. The third kappa shape index (κ3) is 4.59. The van der Waals surface area contributed by atoms with E-state index in [1.54, 1.807) is 18.2 Å². The number of halogens is 1. The van der Waals surface area contributed by atoms with Crippen LogP contribution in [0.5, 0.6) is 0 Å². The predicted molar refractivity (Wildman–Crippen MR) is 111 cm³/mol. The van der Waals surface area contributed by atoms with Crippen molar-refractivity contribution in [1.82, 2.24) is 14.9 Å². The average Bonchev–Trinajstić information content (AvgIpc) is 2.74. The lowest BCUT2D eigenvalue weighted by molar-refractivity contribution is 0.0697. The summed E-state index contributed by atoms with van der Waals surface area (Å²) < 4.78 is 13.5. The third-order valence-electron chi connectivity index (χ3n) is 5.24. The summed E-state index contributed by atoms with van der Waals surface area (Å²) in [7, 11) is 0. The van der Waals surface area contributed by atoms with Crippen LogP contribution in [0.4, 0.5) is 15.9 Å². The Kier molecular flexibility index (Phi) is 5.51. The van der Waals surface area contributed by atoms with Crippen LogP contribution in [0.15, 0.2) is 60.9 Å². The molecule has 4 rings (SSSR count). The molecular weight excluding hydrogens is 367 g/mol. The Bertz CT molecular complexity index is 1020. The van der Waals surface area contributed by atoms with E-state index in [0.717, 1.165) is 31.6 Å². The molecule has 0 unspecified atom stereocenters. The first kappa shape index (κ1) is 19.1. The Morgan fingerprint density at radius 2 is 1.86 bits per heavy atom. The smallest absolute Gasteiger partial charge is 0.253 e. The number of amides is 1. The van der Waals surface area contributed by atoms with Crippen LogP contribution in [0, 0.1) is 11.7 Å². The van der Waals surface area contributed by atoms with Crippen molar-refractivity contribution in [1.29, 1.82) is 0 Å². The van der Waals surface area contributed by atoms with Crippen LogP contribution >= 0.6 is 0 Å². The molecule has 1 N–H and O–H groups in total. The van der Waals surface area contributed by atoms with Gasteiger partial charge in [-0.1, -0.05) is 25.1 Å². The van der Waals surface area contributed by atoms with Crippen molar-refractivity contribution in [2.45, 2.75) is 19.8 Å². The molecule has 3 aromatic rings. The van der Waals surface area contributed by atoms with Crippen molar-refractivity contribution in [3.63, 3.8) is 0 Å². The van der Waals surface area contributed by atoms with E-state index >= 15 is 0 Å². The van der Waals surface area contributed by atoms with Gasteiger partial charge in [0.05, 0.1) is 5.69 Å². The molecule has 1 aromatic heterocycles. The maximum absolute atomic E-state index is 13.5. The molecule has 1 aliphatic rings. The Morgan fingerprint density at radius 1 is 1.07 bits per heavy atom. The van der Waals surface area contributed by atoms with Crippen LogP contribution in [0.1, 0.15) is 30.1 Å². The molecule has 0 aliphatic carbocycles. The van der Waals surface area contributed by atoms with Crippen molar-refractivity contribution in [3.05, 3.63) is 72.3 Å². The number of hydrogen-bond donors (Lipinski definition) is 1. The number of hydrogen-bond acceptors (Lipinski definition) is 4. The zero-order valence-corrected chi connectivity index (χ0v) is 16.3. The van der Waals surface area contributed by atoms with E-state index in [2.05, 4.69) is 22.2 Å². The maximum Gasteiger partial charge on any atom is 0.253 e. The van der Waals surface area contributed by atoms with E-state index in [-0.39, 0.29) is 11.7 Å². The number of carbonyl (C=O) groups is 1. The number of aromatic nitrogens is 2. The van der Waals surface area contributed by atoms with Crippen molar-refractivity contribution in [2.24, 2.45) is 5.92 Å². The highest BCUT2D eigenvalue weighted by atomic mass is 19.1. The summed E-state index contributed by atoms with van der Waals surface area (Å²) in [5.41, 5.74) is 2.73. The summed E-state index contributed by atoms with van der Waals surface area (Å²) >= 11 is 0. The molecule has 0 radical (unpaired) electrons. The van der Waals surface area contributed by atoms with Crippen LogP contribution in [0.2, 0.25) is 0 Å². The number of piperidine rings is 1. The molecule has 29 heavy (non-hydrogen) atoms. The van der Waals surface area contributed by atoms with E-state index in [1.807, 2.05) is 29.2 Å². The van der Waals surface area contributed by atoms with Crippen LogP contribution < -0.4 is 5.32 Å². The molecule has 148 valence electrons. The highest BCUT2D eigenvalue weighted by Crippen LogP contribution is 2.23. The van der Waals surface area contributed by atoms with Gasteiger partial charge in [-0.2, -0.15) is 0 Å². The fourth-order valence-corrected chi connectivity index (χ4v) is 3.50. The normalized spacial score (nSPS) is 14.6. The molecule has 2 aromatic carbocycles. The Hall–Kier alpha value is -3.28. The average molecular weight is 390 g/mol. The first-order valence-corrected chi connectivity index (χ1v) is 9.83. The molecule has 0 atom stereocenters. The Morgan fingerprint density at radius 3 is 2.66 bits per heavy atom. The van der Waals surface area contributed by atoms with Gasteiger partial charge in [-0.05, 0) is 49.1 Å². The predicted octanol–water partition coefficient (Wildman–Crippen LogP) is 4.90. The lowest BCUT2D eigenvalue weighted by Gasteiger charge is -2.30. The third-order valence-corrected chi connectivity index (χ3v) is 5.24. The molecule has 1 fully saturated rings. The minimum Gasteiger partial charge on any atom is -0.340 e. The van der Waals surface area contributed by atoms with Crippen molar-refractivity contribution < 1.29 is 9.18 Å². The number of rotatable bonds is 4. The van der Waals surface area contributed by atoms with Crippen molar-refractivity contribution >= 4 is 17.4 Å². The molecule has 5 nitrogen and oxygen atoms in total. The van der Waals surface area contributed by atoms with Gasteiger partial charge in [-0.25, -0.2) is 14.4 Å². The van der Waals surface area contributed by atoms with Gasteiger partial charge < -0.3 is 10.2 Å². The summed E-state index contributed by atoms with van der Waals surface area (Å²) in [5, 5.41) is 3.22. The van der Waals surface area contributed by atoms with Gasteiger partial charge in [0.15, 0.2) is 0 Å². The zero-order chi connectivity index (χ0) is 20.2. The first-order chi connectivity index (χ1) is 14.1. The molecule has 2 heterocycles. The van der Waals surface area contributed by atoms with E-state index < -0.39 is 0 Å². The van der Waals surface area contributed by atoms with Gasteiger partial charge in [0, 0.05) is 36.0 Å². The maximum atomic E-state index is 13.5. The Balaban J connectivity index is 1.51. The fourth-order valence-electron chi connectivity index (χ4n) is 3.50. The highest BCUT2D eigenvalue weighted by Gasteiger charge is 2.21. The second-order valence-electron chi connectivity index (χ2n) is 7.48. The van der Waals surface area contributed by atoms with Crippen molar-refractivity contribution in [2.75, 3.05) is 18.4 Å². The van der Waals surface area contributed by atoms with Gasteiger partial charge in [-0.15, -0.1) is 0 Å². The quantitative estimate of drug-likeness (QED) is 0.688. The van der Waals surface area contributed by atoms with E-state index in [0.29, 0.717) is 28.6 Å². The van der Waals surface area contributed by atoms with Crippen molar-refractivity contribution in [3.8, 4) is 11.3 Å². The van der Waals surface area contributed by atoms with Gasteiger partial charge in [-0.3, -0.25) is 4.79 Å².